The van der Waals surface area contributed by atoms with Crippen molar-refractivity contribution in [3.63, 3.8) is 0 Å². The van der Waals surface area contributed by atoms with Crippen molar-refractivity contribution in [1.29, 1.82) is 0 Å². The summed E-state index contributed by atoms with van der Waals surface area (Å²) in [5.41, 5.74) is 8.00. The molecule has 0 bridgehead atoms. The van der Waals surface area contributed by atoms with E-state index in [2.05, 4.69) is 14.4 Å². The number of benzene rings is 2. The van der Waals surface area contributed by atoms with Gasteiger partial charge in [-0.2, -0.15) is 4.40 Å². The van der Waals surface area contributed by atoms with E-state index in [1.165, 1.54) is 18.2 Å². The van der Waals surface area contributed by atoms with Crippen LogP contribution in [0.2, 0.25) is 5.02 Å². The van der Waals surface area contributed by atoms with E-state index in [0.717, 1.165) is 5.56 Å². The highest BCUT2D eigenvalue weighted by atomic mass is 35.5. The topological polar surface area (TPSA) is 70.3 Å². The van der Waals surface area contributed by atoms with Crippen molar-refractivity contribution in [3.05, 3.63) is 70.6 Å². The third-order valence-corrected chi connectivity index (χ3v) is 4.81. The predicted molar refractivity (Wildman–Crippen MR) is 99.9 cm³/mol. The zero-order chi connectivity index (χ0) is 17.4. The normalized spacial score (nSPS) is 13.5. The number of amidine groups is 1. The molecule has 2 heterocycles. The van der Waals surface area contributed by atoms with Gasteiger partial charge in [0.25, 0.3) is 0 Å². The Hall–Kier alpha value is -2.51. The molecule has 4 rings (SSSR count). The van der Waals surface area contributed by atoms with Crippen molar-refractivity contribution in [1.82, 2.24) is 9.97 Å². The summed E-state index contributed by atoms with van der Waals surface area (Å²) in [6.07, 6.45) is 0. The van der Waals surface area contributed by atoms with Crippen LogP contribution < -0.4 is 10.0 Å². The maximum Gasteiger partial charge on any atom is 0.170 e. The van der Waals surface area contributed by atoms with Gasteiger partial charge >= 0.3 is 0 Å². The first-order valence-electron chi connectivity index (χ1n) is 7.49. The summed E-state index contributed by atoms with van der Waals surface area (Å²) >= 11 is 7.14. The fraction of sp³-hybridized carbons (Fsp3) is 0.0588. The molecule has 0 fully saturated rings. The molecule has 1 aliphatic rings. The maximum absolute atomic E-state index is 14.1. The molecule has 0 saturated heterocycles. The molecule has 2 aromatic carbocycles. The lowest BCUT2D eigenvalue weighted by Gasteiger charge is -2.22. The lowest BCUT2D eigenvalue weighted by atomic mass is 10.2. The van der Waals surface area contributed by atoms with E-state index in [-0.39, 0.29) is 5.82 Å². The van der Waals surface area contributed by atoms with Crippen LogP contribution in [0.5, 0.6) is 0 Å². The molecule has 0 amide bonds. The number of aromatic nitrogens is 2. The van der Waals surface area contributed by atoms with Crippen molar-refractivity contribution in [2.45, 2.75) is 6.54 Å². The standard InChI is InChI=1S/C17H13ClFN5S/c18-11-7-5-10(6-8-11)9-24-17-14(15(20)23-25-24)21-16(22-17)12-3-1-2-4-13(12)19/h1-8H,9H2,(H2,20,23)(H,21,22). The molecular weight excluding hydrogens is 361 g/mol. The number of nitrogens with one attached hydrogen (secondary N) is 1. The van der Waals surface area contributed by atoms with Gasteiger partial charge in [-0.15, -0.1) is 0 Å². The molecule has 3 aromatic rings. The highest BCUT2D eigenvalue weighted by Gasteiger charge is 2.26. The Morgan fingerprint density at radius 2 is 1.92 bits per heavy atom. The van der Waals surface area contributed by atoms with Crippen molar-refractivity contribution in [2.24, 2.45) is 10.1 Å². The Morgan fingerprint density at radius 3 is 2.68 bits per heavy atom. The first kappa shape index (κ1) is 16.0. The van der Waals surface area contributed by atoms with Gasteiger partial charge < -0.3 is 10.7 Å². The molecule has 126 valence electrons. The molecule has 0 spiro atoms. The summed E-state index contributed by atoms with van der Waals surface area (Å²) in [5.74, 6) is 1.04. The lowest BCUT2D eigenvalue weighted by Crippen LogP contribution is -2.25. The van der Waals surface area contributed by atoms with E-state index in [4.69, 9.17) is 17.3 Å². The smallest absolute Gasteiger partial charge is 0.170 e. The SMILES string of the molecule is NC1=NSN(Cc2ccc(Cl)cc2)c2nc(-c3ccccc3F)[nH]c21. The Balaban J connectivity index is 1.70. The zero-order valence-corrected chi connectivity index (χ0v) is 14.5. The molecule has 1 aliphatic heterocycles. The van der Waals surface area contributed by atoms with Gasteiger partial charge in [0, 0.05) is 5.02 Å². The number of fused-ring (bicyclic) bond motifs is 1. The summed E-state index contributed by atoms with van der Waals surface area (Å²) < 4.78 is 20.2. The monoisotopic (exact) mass is 373 g/mol. The average molecular weight is 374 g/mol. The number of H-pyrrole nitrogens is 1. The van der Waals surface area contributed by atoms with Gasteiger partial charge in [-0.1, -0.05) is 35.9 Å². The van der Waals surface area contributed by atoms with E-state index in [1.54, 1.807) is 18.2 Å². The van der Waals surface area contributed by atoms with Gasteiger partial charge in [-0.05, 0) is 29.8 Å². The van der Waals surface area contributed by atoms with Crippen LogP contribution in [0.1, 0.15) is 11.3 Å². The van der Waals surface area contributed by atoms with Gasteiger partial charge in [0.2, 0.25) is 0 Å². The fourth-order valence-corrected chi connectivity index (χ4v) is 3.36. The summed E-state index contributed by atoms with van der Waals surface area (Å²) in [6.45, 7) is 0.563. The maximum atomic E-state index is 14.1. The van der Waals surface area contributed by atoms with Crippen molar-refractivity contribution >= 4 is 35.4 Å². The third kappa shape index (κ3) is 3.08. The first-order chi connectivity index (χ1) is 12.1. The van der Waals surface area contributed by atoms with Gasteiger partial charge in [-0.25, -0.2) is 9.37 Å². The molecule has 0 unspecified atom stereocenters. The number of halogens is 2. The summed E-state index contributed by atoms with van der Waals surface area (Å²) in [5, 5.41) is 0.680. The van der Waals surface area contributed by atoms with Gasteiger partial charge in [-0.3, -0.25) is 4.31 Å². The van der Waals surface area contributed by atoms with Crippen molar-refractivity contribution in [3.8, 4) is 11.4 Å². The van der Waals surface area contributed by atoms with Crippen LogP contribution in [0.15, 0.2) is 52.9 Å². The minimum Gasteiger partial charge on any atom is -0.381 e. The number of nitrogens with zero attached hydrogens (tertiary/aromatic N) is 3. The summed E-state index contributed by atoms with van der Waals surface area (Å²) in [6, 6.07) is 14.0. The Bertz CT molecular complexity index is 954. The molecule has 0 atom stereocenters. The molecule has 8 heteroatoms. The molecule has 0 aliphatic carbocycles. The number of imidazole rings is 1. The van der Waals surface area contributed by atoms with Crippen molar-refractivity contribution < 1.29 is 4.39 Å². The number of aromatic amines is 1. The minimum atomic E-state index is -0.346. The zero-order valence-electron chi connectivity index (χ0n) is 12.9. The quantitative estimate of drug-likeness (QED) is 0.676. The third-order valence-electron chi connectivity index (χ3n) is 3.78. The first-order valence-corrected chi connectivity index (χ1v) is 8.60. The van der Waals surface area contributed by atoms with E-state index >= 15 is 0 Å². The summed E-state index contributed by atoms with van der Waals surface area (Å²) in [7, 11) is 0. The fourth-order valence-electron chi connectivity index (χ4n) is 2.54. The molecule has 1 aromatic heterocycles. The minimum absolute atomic E-state index is 0.336. The van der Waals surface area contributed by atoms with E-state index in [1.807, 2.05) is 28.6 Å². The molecular formula is C17H13ClFN5S. The lowest BCUT2D eigenvalue weighted by molar-refractivity contribution is 0.630. The number of rotatable bonds is 3. The van der Waals surface area contributed by atoms with Gasteiger partial charge in [0.1, 0.15) is 17.3 Å². The second kappa shape index (κ2) is 6.42. The van der Waals surface area contributed by atoms with Crippen LogP contribution in [-0.4, -0.2) is 15.8 Å². The summed E-state index contributed by atoms with van der Waals surface area (Å²) in [4.78, 5) is 7.63. The number of hydrogen-bond donors (Lipinski definition) is 2. The average Bonchev–Trinajstić information content (AvgIpc) is 3.06. The molecule has 0 saturated carbocycles. The van der Waals surface area contributed by atoms with Gasteiger partial charge in [0.05, 0.1) is 24.2 Å². The predicted octanol–water partition coefficient (Wildman–Crippen LogP) is 4.16. The number of hydrogen-bond acceptors (Lipinski definition) is 5. The Kier molecular flexibility index (Phi) is 4.10. The second-order valence-corrected chi connectivity index (χ2v) is 6.71. The van der Waals surface area contributed by atoms with Crippen LogP contribution in [0, 0.1) is 5.82 Å². The Morgan fingerprint density at radius 1 is 1.16 bits per heavy atom. The van der Waals surface area contributed by atoms with E-state index in [9.17, 15) is 4.39 Å². The molecule has 3 N–H and O–H groups in total. The Labute approximate surface area is 153 Å². The molecule has 0 radical (unpaired) electrons. The van der Waals surface area contributed by atoms with Crippen LogP contribution in [-0.2, 0) is 6.54 Å². The molecule has 5 nitrogen and oxygen atoms in total. The molecule has 25 heavy (non-hydrogen) atoms. The van der Waals surface area contributed by atoms with Crippen LogP contribution >= 0.6 is 23.7 Å². The highest BCUT2D eigenvalue weighted by Crippen LogP contribution is 2.34. The second-order valence-electron chi connectivity index (χ2n) is 5.49. The van der Waals surface area contributed by atoms with Crippen LogP contribution in [0.25, 0.3) is 11.4 Å². The van der Waals surface area contributed by atoms with Crippen molar-refractivity contribution in [2.75, 3.05) is 4.31 Å². The van der Waals surface area contributed by atoms with Crippen LogP contribution in [0.4, 0.5) is 10.2 Å². The van der Waals surface area contributed by atoms with Gasteiger partial charge in [0.15, 0.2) is 11.7 Å². The van der Waals surface area contributed by atoms with E-state index < -0.39 is 0 Å². The van der Waals surface area contributed by atoms with Crippen LogP contribution in [0.3, 0.4) is 0 Å². The van der Waals surface area contributed by atoms with E-state index in [0.29, 0.717) is 40.3 Å². The number of nitrogens with two attached hydrogens (primary N) is 1. The number of anilines is 1. The largest absolute Gasteiger partial charge is 0.381 e. The highest BCUT2D eigenvalue weighted by molar-refractivity contribution is 7.99.